The largest absolute Gasteiger partial charge is 0.331 e. The van der Waals surface area contributed by atoms with Gasteiger partial charge in [-0.3, -0.25) is 19.8 Å². The minimum atomic E-state index is -0.745. The van der Waals surface area contributed by atoms with Crippen molar-refractivity contribution in [1.29, 1.82) is 0 Å². The van der Waals surface area contributed by atoms with Crippen LogP contribution in [0.1, 0.15) is 59.8 Å². The molecular weight excluding hydrogens is 256 g/mol. The highest BCUT2D eigenvalue weighted by molar-refractivity contribution is 6.16. The van der Waals surface area contributed by atoms with Crippen LogP contribution in [-0.2, 0) is 9.59 Å². The number of barbiturate groups is 1. The topological polar surface area (TPSA) is 66.5 Å². The zero-order chi connectivity index (χ0) is 15.3. The highest BCUT2D eigenvalue weighted by atomic mass is 16.2. The number of nitrogens with zero attached hydrogens (tertiary/aromatic N) is 1. The van der Waals surface area contributed by atoms with Crippen LogP contribution >= 0.6 is 0 Å². The summed E-state index contributed by atoms with van der Waals surface area (Å²) in [5.74, 6) is -1.67. The summed E-state index contributed by atoms with van der Waals surface area (Å²) in [6, 6.07) is -0.728. The van der Waals surface area contributed by atoms with Crippen molar-refractivity contribution in [3.8, 4) is 0 Å². The molecule has 1 aliphatic rings. The fourth-order valence-corrected chi connectivity index (χ4v) is 2.61. The summed E-state index contributed by atoms with van der Waals surface area (Å²) in [6.45, 7) is 7.66. The Morgan fingerprint density at radius 1 is 1.10 bits per heavy atom. The van der Waals surface area contributed by atoms with Gasteiger partial charge in [-0.2, -0.15) is 0 Å². The molecule has 1 N–H and O–H groups in total. The molecule has 1 rings (SSSR count). The molecule has 114 valence electrons. The lowest BCUT2D eigenvalue weighted by molar-refractivity contribution is -0.145. The fourth-order valence-electron chi connectivity index (χ4n) is 2.61. The van der Waals surface area contributed by atoms with Gasteiger partial charge in [-0.15, -0.1) is 0 Å². The van der Waals surface area contributed by atoms with E-state index in [9.17, 15) is 14.4 Å². The second-order valence-corrected chi connectivity index (χ2v) is 5.92. The lowest BCUT2D eigenvalue weighted by atomic mass is 9.91. The number of carbonyl (C=O) groups is 3. The first-order valence-corrected chi connectivity index (χ1v) is 7.58. The van der Waals surface area contributed by atoms with Gasteiger partial charge in [0, 0.05) is 6.04 Å². The number of hydrogen-bond donors (Lipinski definition) is 1. The van der Waals surface area contributed by atoms with E-state index in [-0.39, 0.29) is 17.9 Å². The standard InChI is InChI=1S/C15H26N2O3/c1-5-6-7-8-9-11(4)17-14(19)12(10(2)3)13(18)16-15(17)20/h10-12H,5-9H2,1-4H3,(H,16,18,20). The van der Waals surface area contributed by atoms with Gasteiger partial charge in [0.2, 0.25) is 11.8 Å². The van der Waals surface area contributed by atoms with Gasteiger partial charge in [0.05, 0.1) is 0 Å². The number of carbonyl (C=O) groups excluding carboxylic acids is 3. The Bertz CT molecular complexity index is 379. The van der Waals surface area contributed by atoms with Gasteiger partial charge in [0.1, 0.15) is 5.92 Å². The molecule has 2 atom stereocenters. The lowest BCUT2D eigenvalue weighted by Gasteiger charge is -2.35. The summed E-state index contributed by atoms with van der Waals surface area (Å²) in [5.41, 5.74) is 0. The van der Waals surface area contributed by atoms with Crippen LogP contribution in [-0.4, -0.2) is 28.8 Å². The summed E-state index contributed by atoms with van der Waals surface area (Å²) < 4.78 is 0. The van der Waals surface area contributed by atoms with E-state index >= 15 is 0 Å². The van der Waals surface area contributed by atoms with Crippen molar-refractivity contribution in [3.63, 3.8) is 0 Å². The summed E-state index contributed by atoms with van der Waals surface area (Å²) in [4.78, 5) is 37.2. The molecular formula is C15H26N2O3. The molecule has 5 heteroatoms. The van der Waals surface area contributed by atoms with Gasteiger partial charge < -0.3 is 0 Å². The van der Waals surface area contributed by atoms with Crippen molar-refractivity contribution in [3.05, 3.63) is 0 Å². The maximum Gasteiger partial charge on any atom is 0.331 e. The van der Waals surface area contributed by atoms with E-state index in [0.717, 1.165) is 25.7 Å². The quantitative estimate of drug-likeness (QED) is 0.576. The van der Waals surface area contributed by atoms with Crippen LogP contribution in [0.5, 0.6) is 0 Å². The molecule has 0 saturated carbocycles. The van der Waals surface area contributed by atoms with Crippen LogP contribution in [0, 0.1) is 11.8 Å². The van der Waals surface area contributed by atoms with Gasteiger partial charge in [0.25, 0.3) is 0 Å². The summed E-state index contributed by atoms with van der Waals surface area (Å²) >= 11 is 0. The first-order chi connectivity index (χ1) is 9.40. The number of amides is 4. The molecule has 1 aliphatic heterocycles. The number of nitrogens with one attached hydrogen (secondary N) is 1. The van der Waals surface area contributed by atoms with Crippen LogP contribution in [0.15, 0.2) is 0 Å². The maximum atomic E-state index is 12.4. The maximum absolute atomic E-state index is 12.4. The number of urea groups is 1. The molecule has 4 amide bonds. The predicted molar refractivity (Wildman–Crippen MR) is 76.9 cm³/mol. The predicted octanol–water partition coefficient (Wildman–Crippen LogP) is 2.70. The first kappa shape index (κ1) is 16.7. The van der Waals surface area contributed by atoms with Crippen molar-refractivity contribution < 1.29 is 14.4 Å². The third kappa shape index (κ3) is 3.81. The molecule has 0 aromatic carbocycles. The Morgan fingerprint density at radius 3 is 2.30 bits per heavy atom. The van der Waals surface area contributed by atoms with E-state index in [0.29, 0.717) is 0 Å². The van der Waals surface area contributed by atoms with E-state index in [1.165, 1.54) is 11.3 Å². The van der Waals surface area contributed by atoms with Crippen molar-refractivity contribution in [1.82, 2.24) is 10.2 Å². The molecule has 1 saturated heterocycles. The Labute approximate surface area is 121 Å². The molecule has 0 aromatic rings. The summed E-state index contributed by atoms with van der Waals surface area (Å²) in [5, 5.41) is 2.30. The Balaban J connectivity index is 2.69. The molecule has 0 aliphatic carbocycles. The summed E-state index contributed by atoms with van der Waals surface area (Å²) in [6.07, 6.45) is 5.21. The Morgan fingerprint density at radius 2 is 1.75 bits per heavy atom. The molecule has 0 spiro atoms. The van der Waals surface area contributed by atoms with Gasteiger partial charge in [-0.05, 0) is 19.3 Å². The van der Waals surface area contributed by atoms with E-state index in [1.807, 2.05) is 20.8 Å². The van der Waals surface area contributed by atoms with Gasteiger partial charge in [-0.25, -0.2) is 4.79 Å². The fraction of sp³-hybridized carbons (Fsp3) is 0.800. The Hall–Kier alpha value is -1.39. The molecule has 1 fully saturated rings. The number of hydrogen-bond acceptors (Lipinski definition) is 3. The summed E-state index contributed by atoms with van der Waals surface area (Å²) in [7, 11) is 0. The van der Waals surface area contributed by atoms with Gasteiger partial charge in [-0.1, -0.05) is 46.5 Å². The molecule has 0 aromatic heterocycles. The zero-order valence-corrected chi connectivity index (χ0v) is 12.9. The second kappa shape index (κ2) is 7.41. The Kier molecular flexibility index (Phi) is 6.17. The molecule has 1 heterocycles. The molecule has 5 nitrogen and oxygen atoms in total. The van der Waals surface area contributed by atoms with Crippen LogP contribution in [0.4, 0.5) is 4.79 Å². The normalized spacial score (nSPS) is 21.4. The third-order valence-corrected chi connectivity index (χ3v) is 3.82. The second-order valence-electron chi connectivity index (χ2n) is 5.92. The molecule has 0 bridgehead atoms. The minimum Gasteiger partial charge on any atom is -0.277 e. The van der Waals surface area contributed by atoms with Gasteiger partial charge >= 0.3 is 6.03 Å². The lowest BCUT2D eigenvalue weighted by Crippen LogP contribution is -2.61. The first-order valence-electron chi connectivity index (χ1n) is 7.58. The van der Waals surface area contributed by atoms with Crippen LogP contribution in [0.3, 0.4) is 0 Å². The van der Waals surface area contributed by atoms with E-state index in [1.54, 1.807) is 0 Å². The van der Waals surface area contributed by atoms with Crippen molar-refractivity contribution in [2.24, 2.45) is 11.8 Å². The van der Waals surface area contributed by atoms with Crippen LogP contribution < -0.4 is 5.32 Å². The van der Waals surface area contributed by atoms with Crippen LogP contribution in [0.2, 0.25) is 0 Å². The highest BCUT2D eigenvalue weighted by Gasteiger charge is 2.43. The van der Waals surface area contributed by atoms with E-state index < -0.39 is 17.9 Å². The monoisotopic (exact) mass is 282 g/mol. The van der Waals surface area contributed by atoms with Crippen molar-refractivity contribution in [2.45, 2.75) is 65.8 Å². The minimum absolute atomic E-state index is 0.106. The number of unbranched alkanes of at least 4 members (excludes halogenated alkanes) is 3. The van der Waals surface area contributed by atoms with Crippen LogP contribution in [0.25, 0.3) is 0 Å². The van der Waals surface area contributed by atoms with E-state index in [4.69, 9.17) is 0 Å². The number of rotatable bonds is 7. The van der Waals surface area contributed by atoms with E-state index in [2.05, 4.69) is 12.2 Å². The molecule has 0 radical (unpaired) electrons. The van der Waals surface area contributed by atoms with Crippen molar-refractivity contribution >= 4 is 17.8 Å². The SMILES string of the molecule is CCCCCCC(C)N1C(=O)NC(=O)C(C(C)C)C1=O. The molecule has 2 unspecified atom stereocenters. The highest BCUT2D eigenvalue weighted by Crippen LogP contribution is 2.22. The average molecular weight is 282 g/mol. The van der Waals surface area contributed by atoms with Gasteiger partial charge in [0.15, 0.2) is 0 Å². The average Bonchev–Trinajstić information content (AvgIpc) is 2.33. The molecule has 20 heavy (non-hydrogen) atoms. The zero-order valence-electron chi connectivity index (χ0n) is 12.9. The van der Waals surface area contributed by atoms with Crippen molar-refractivity contribution in [2.75, 3.05) is 0 Å². The smallest absolute Gasteiger partial charge is 0.277 e. The third-order valence-electron chi connectivity index (χ3n) is 3.82. The number of imide groups is 2.